The summed E-state index contributed by atoms with van der Waals surface area (Å²) < 4.78 is 0.798. The van der Waals surface area contributed by atoms with Crippen LogP contribution in [-0.4, -0.2) is 34.7 Å². The van der Waals surface area contributed by atoms with Gasteiger partial charge in [0.25, 0.3) is 5.91 Å². The first-order valence-corrected chi connectivity index (χ1v) is 6.10. The largest absolute Gasteiger partial charge is 0.480 e. The van der Waals surface area contributed by atoms with Crippen LogP contribution in [0.2, 0.25) is 0 Å². The average Bonchev–Trinajstić information content (AvgIpc) is 2.64. The van der Waals surface area contributed by atoms with Crippen LogP contribution in [0.15, 0.2) is 15.2 Å². The lowest BCUT2D eigenvalue weighted by Gasteiger charge is -2.12. The van der Waals surface area contributed by atoms with Crippen LogP contribution in [0.5, 0.6) is 0 Å². The Morgan fingerprint density at radius 2 is 2.25 bits per heavy atom. The van der Waals surface area contributed by atoms with Crippen molar-refractivity contribution in [2.24, 2.45) is 0 Å². The molecule has 1 rings (SSSR count). The van der Waals surface area contributed by atoms with Gasteiger partial charge in [-0.3, -0.25) is 4.79 Å². The molecule has 7 heteroatoms. The van der Waals surface area contributed by atoms with E-state index in [2.05, 4.69) is 21.2 Å². The number of nitrogens with one attached hydrogen (secondary N) is 1. The molecule has 5 nitrogen and oxygen atoms in total. The number of carboxylic acid groups (broad SMARTS) is 1. The molecule has 0 spiro atoms. The predicted octanol–water partition coefficient (Wildman–Crippen LogP) is 1.08. The van der Waals surface area contributed by atoms with Crippen LogP contribution in [0.1, 0.15) is 16.8 Å². The van der Waals surface area contributed by atoms with Gasteiger partial charge in [0.05, 0.1) is 9.35 Å². The summed E-state index contributed by atoms with van der Waals surface area (Å²) in [6.07, 6.45) is -0.00756. The number of amides is 1. The molecule has 0 saturated heterocycles. The normalized spacial score (nSPS) is 12.1. The maximum absolute atomic E-state index is 11.6. The number of aliphatic carboxylic acids is 1. The third-order valence-electron chi connectivity index (χ3n) is 1.85. The van der Waals surface area contributed by atoms with Crippen molar-refractivity contribution in [1.29, 1.82) is 0 Å². The minimum atomic E-state index is -1.16. The maximum Gasteiger partial charge on any atom is 0.326 e. The highest BCUT2D eigenvalue weighted by atomic mass is 79.9. The van der Waals surface area contributed by atoms with Crippen molar-refractivity contribution >= 4 is 39.1 Å². The summed E-state index contributed by atoms with van der Waals surface area (Å²) in [6, 6.07) is 0.550. The quantitative estimate of drug-likeness (QED) is 0.759. The number of halogens is 1. The van der Waals surface area contributed by atoms with E-state index in [0.717, 1.165) is 3.79 Å². The lowest BCUT2D eigenvalue weighted by Crippen LogP contribution is -2.41. The van der Waals surface area contributed by atoms with Crippen molar-refractivity contribution in [2.75, 3.05) is 6.61 Å². The van der Waals surface area contributed by atoms with Crippen LogP contribution in [0.4, 0.5) is 0 Å². The van der Waals surface area contributed by atoms with Gasteiger partial charge in [0.15, 0.2) is 0 Å². The molecule has 0 bridgehead atoms. The second-order valence-corrected chi connectivity index (χ2v) is 5.31. The second kappa shape index (κ2) is 5.97. The molecule has 1 aromatic rings. The van der Waals surface area contributed by atoms with Gasteiger partial charge in [-0.05, 0) is 22.0 Å². The molecule has 1 amide bonds. The number of aliphatic hydroxyl groups is 1. The van der Waals surface area contributed by atoms with E-state index in [1.165, 1.54) is 11.3 Å². The summed E-state index contributed by atoms with van der Waals surface area (Å²) >= 11 is 4.55. The fraction of sp³-hybridized carbons (Fsp3) is 0.333. The fourth-order valence-electron chi connectivity index (χ4n) is 1.06. The Labute approximate surface area is 104 Å². The van der Waals surface area contributed by atoms with Crippen LogP contribution in [0.3, 0.4) is 0 Å². The highest BCUT2D eigenvalue weighted by molar-refractivity contribution is 9.11. The Hall–Kier alpha value is -0.920. The maximum atomic E-state index is 11.6. The highest BCUT2D eigenvalue weighted by Crippen LogP contribution is 2.20. The van der Waals surface area contributed by atoms with E-state index in [9.17, 15) is 9.59 Å². The number of carbonyl (C=O) groups is 2. The monoisotopic (exact) mass is 307 g/mol. The number of hydrogen-bond donors (Lipinski definition) is 3. The zero-order valence-electron chi connectivity index (χ0n) is 8.14. The molecule has 1 aromatic heterocycles. The Morgan fingerprint density at radius 1 is 1.56 bits per heavy atom. The molecular formula is C9H10BrNO4S. The summed E-state index contributed by atoms with van der Waals surface area (Å²) in [6.45, 7) is -0.287. The molecule has 0 saturated carbocycles. The molecule has 1 atom stereocenters. The summed E-state index contributed by atoms with van der Waals surface area (Å²) in [7, 11) is 0. The fourth-order valence-corrected chi connectivity index (χ4v) is 2.19. The molecule has 1 unspecified atom stereocenters. The third kappa shape index (κ3) is 3.58. The number of carboxylic acids is 1. The van der Waals surface area contributed by atoms with E-state index in [4.69, 9.17) is 10.2 Å². The van der Waals surface area contributed by atoms with Crippen LogP contribution in [-0.2, 0) is 4.79 Å². The number of hydrogen-bond acceptors (Lipinski definition) is 4. The van der Waals surface area contributed by atoms with Gasteiger partial charge in [0.2, 0.25) is 0 Å². The molecule has 3 N–H and O–H groups in total. The summed E-state index contributed by atoms with van der Waals surface area (Å²) in [5.74, 6) is -1.61. The predicted molar refractivity (Wildman–Crippen MR) is 62.6 cm³/mol. The van der Waals surface area contributed by atoms with E-state index in [1.54, 1.807) is 11.4 Å². The first kappa shape index (κ1) is 13.1. The number of carbonyl (C=O) groups excluding carboxylic acids is 1. The van der Waals surface area contributed by atoms with E-state index in [1.807, 2.05) is 0 Å². The van der Waals surface area contributed by atoms with Crippen LogP contribution in [0, 0.1) is 0 Å². The molecule has 0 radical (unpaired) electrons. The Bertz CT molecular complexity index is 393. The lowest BCUT2D eigenvalue weighted by atomic mass is 10.2. The molecular weight excluding hydrogens is 298 g/mol. The summed E-state index contributed by atoms with van der Waals surface area (Å²) in [4.78, 5) is 22.3. The van der Waals surface area contributed by atoms with Crippen molar-refractivity contribution in [3.8, 4) is 0 Å². The van der Waals surface area contributed by atoms with Gasteiger partial charge in [-0.2, -0.15) is 0 Å². The first-order valence-electron chi connectivity index (χ1n) is 4.43. The Balaban J connectivity index is 2.65. The van der Waals surface area contributed by atoms with Gasteiger partial charge >= 0.3 is 5.97 Å². The SMILES string of the molecule is O=C(NC(CCO)C(=O)O)c1csc(Br)c1. The van der Waals surface area contributed by atoms with Crippen molar-refractivity contribution in [3.63, 3.8) is 0 Å². The smallest absolute Gasteiger partial charge is 0.326 e. The Morgan fingerprint density at radius 3 is 2.69 bits per heavy atom. The van der Waals surface area contributed by atoms with Crippen molar-refractivity contribution < 1.29 is 19.8 Å². The number of aliphatic hydroxyl groups excluding tert-OH is 1. The highest BCUT2D eigenvalue weighted by Gasteiger charge is 2.20. The van der Waals surface area contributed by atoms with Gasteiger partial charge in [-0.15, -0.1) is 11.3 Å². The third-order valence-corrected chi connectivity index (χ3v) is 3.36. The van der Waals surface area contributed by atoms with Crippen molar-refractivity contribution in [3.05, 3.63) is 20.8 Å². The molecule has 16 heavy (non-hydrogen) atoms. The van der Waals surface area contributed by atoms with Gasteiger partial charge in [-0.25, -0.2) is 4.79 Å². The molecule has 0 aliphatic heterocycles. The van der Waals surface area contributed by atoms with Gasteiger partial charge in [0, 0.05) is 18.4 Å². The van der Waals surface area contributed by atoms with E-state index in [-0.39, 0.29) is 13.0 Å². The van der Waals surface area contributed by atoms with Crippen molar-refractivity contribution in [2.45, 2.75) is 12.5 Å². The zero-order valence-corrected chi connectivity index (χ0v) is 10.5. The van der Waals surface area contributed by atoms with E-state index in [0.29, 0.717) is 5.56 Å². The molecule has 88 valence electrons. The standard InChI is InChI=1S/C9H10BrNO4S/c10-7-3-5(4-16-7)8(13)11-6(1-2-12)9(14)15/h3-4,6,12H,1-2H2,(H,11,13)(H,14,15). The first-order chi connectivity index (χ1) is 7.54. The van der Waals surface area contributed by atoms with E-state index >= 15 is 0 Å². The zero-order chi connectivity index (χ0) is 12.1. The van der Waals surface area contributed by atoms with Gasteiger partial charge in [0.1, 0.15) is 6.04 Å². The minimum absolute atomic E-state index is 0.00756. The lowest BCUT2D eigenvalue weighted by molar-refractivity contribution is -0.139. The average molecular weight is 308 g/mol. The minimum Gasteiger partial charge on any atom is -0.480 e. The van der Waals surface area contributed by atoms with Crippen LogP contribution >= 0.6 is 27.3 Å². The van der Waals surface area contributed by atoms with Crippen molar-refractivity contribution in [1.82, 2.24) is 5.32 Å². The van der Waals surface area contributed by atoms with Crippen LogP contribution in [0.25, 0.3) is 0 Å². The van der Waals surface area contributed by atoms with Crippen LogP contribution < -0.4 is 5.32 Å². The topological polar surface area (TPSA) is 86.6 Å². The number of thiophene rings is 1. The molecule has 1 heterocycles. The molecule has 0 fully saturated rings. The molecule has 0 aromatic carbocycles. The second-order valence-electron chi connectivity index (χ2n) is 3.02. The summed E-state index contributed by atoms with van der Waals surface area (Å²) in [5.41, 5.74) is 0.404. The molecule has 0 aliphatic carbocycles. The Kier molecular flexibility index (Phi) is 4.91. The molecule has 0 aliphatic rings. The van der Waals surface area contributed by atoms with Gasteiger partial charge < -0.3 is 15.5 Å². The summed E-state index contributed by atoms with van der Waals surface area (Å²) in [5, 5.41) is 21.4. The van der Waals surface area contributed by atoms with Gasteiger partial charge in [-0.1, -0.05) is 0 Å². The van der Waals surface area contributed by atoms with E-state index < -0.39 is 17.9 Å². The number of rotatable bonds is 5.